The average molecular weight is 2030 g/mol. The van der Waals surface area contributed by atoms with E-state index >= 15 is 0 Å². The Hall–Kier alpha value is -14.5. The standard InChI is InChI=1S/C37H25N3O.C25H17BrN2.C14H11BrO.C12H9NO.C11H9BrN2.C6H5BBrO2.C5H5BrN2/c1-3-11-27(12-4-1)36-37(28-13-5-2-6-14-28)39-24-23-29(25-35(39)38-36)26-19-21-30(22-20-26)40-31-15-7-9-17-33(31)41-34-18-10-8-16-32(34)40;26-22-13-11-18(12-14-22)21-15-16-28-23(17-21)27-24(19-7-3-1-4-8-19)25(28)20-9-5-2-6-10-20;15-13(11-7-3-1-4-8-11)14(16)12-9-5-2-6-10-12;1-3-7-11-9(5-1)13-10-6-2-4-8-12(10)14-11;12-10-3-1-8(2-4-10)9-5-6-14-11(13)7-9;8-5-1-3-6(4-2-5)10-7-9;6-4-1-2-8-5(7)3-4/h1-25H;1-17H;1-10,13H;1-8,13H;1-7H,(H2,13,14);1-4,9H;1-3H,(H2,7,8). The number of hydrogen-bond donors (Lipinski definition) is 4. The van der Waals surface area contributed by atoms with Crippen molar-refractivity contribution >= 4 is 144 Å². The Balaban J connectivity index is 0.000000121. The first-order valence-electron chi connectivity index (χ1n) is 41.6. The van der Waals surface area contributed by atoms with E-state index in [-0.39, 0.29) is 10.6 Å². The molecule has 14 aromatic carbocycles. The maximum atomic E-state index is 12.1. The van der Waals surface area contributed by atoms with E-state index in [2.05, 4.69) is 308 Å². The molecule has 0 saturated carbocycles. The van der Waals surface area contributed by atoms with Gasteiger partial charge in [-0.05, 0) is 197 Å². The molecule has 2 aliphatic heterocycles. The molecule has 0 saturated heterocycles. The van der Waals surface area contributed by atoms with Gasteiger partial charge in [0.25, 0.3) is 0 Å². The van der Waals surface area contributed by atoms with Crippen LogP contribution in [0, 0.1) is 0 Å². The van der Waals surface area contributed by atoms with Gasteiger partial charge in [-0.2, -0.15) is 0 Å². The highest BCUT2D eigenvalue weighted by Gasteiger charge is 2.27. The molecule has 2 aliphatic rings. The number of halogens is 5. The second-order valence-corrected chi connectivity index (χ2v) is 34.1. The van der Waals surface area contributed by atoms with Crippen LogP contribution in [0.5, 0.6) is 28.7 Å². The van der Waals surface area contributed by atoms with Gasteiger partial charge in [0.15, 0.2) is 28.8 Å². The lowest BCUT2D eigenvalue weighted by atomic mass is 10.0. The van der Waals surface area contributed by atoms with Gasteiger partial charge in [0.1, 0.15) is 33.5 Å². The molecule has 6 aromatic heterocycles. The van der Waals surface area contributed by atoms with E-state index in [1.807, 2.05) is 224 Å². The minimum atomic E-state index is -0.268. The summed E-state index contributed by atoms with van der Waals surface area (Å²) >= 11 is 16.9. The lowest BCUT2D eigenvalue weighted by Gasteiger charge is -2.32. The summed E-state index contributed by atoms with van der Waals surface area (Å²) in [5.41, 5.74) is 35.2. The Kier molecular flexibility index (Phi) is 30.2. The third-order valence-corrected chi connectivity index (χ3v) is 23.9. The summed E-state index contributed by atoms with van der Waals surface area (Å²) in [7, 11) is 0.656. The van der Waals surface area contributed by atoms with Crippen LogP contribution in [0.2, 0.25) is 0 Å². The summed E-state index contributed by atoms with van der Waals surface area (Å²) in [6.45, 7) is 0. The van der Waals surface area contributed by atoms with E-state index in [0.29, 0.717) is 25.1 Å². The molecule has 8 heterocycles. The number of pyridine rings is 4. The van der Waals surface area contributed by atoms with E-state index in [1.54, 1.807) is 30.6 Å². The second kappa shape index (κ2) is 44.0. The molecule has 1 atom stereocenters. The summed E-state index contributed by atoms with van der Waals surface area (Å²) in [6, 6.07) is 141. The van der Waals surface area contributed by atoms with Crippen molar-refractivity contribution in [2.75, 3.05) is 21.7 Å². The van der Waals surface area contributed by atoms with Gasteiger partial charge in [-0.1, -0.05) is 347 Å². The number of ether oxygens (including phenoxy) is 2. The number of fused-ring (bicyclic) bond motifs is 6. The fraction of sp³-hybridized carbons (Fsp3) is 0.00909. The number of carbonyl (C=O) groups is 1. The fourth-order valence-electron chi connectivity index (χ4n) is 14.6. The van der Waals surface area contributed by atoms with E-state index < -0.39 is 0 Å². The quantitative estimate of drug-likeness (QED) is 0.0485. The van der Waals surface area contributed by atoms with Gasteiger partial charge >= 0.3 is 7.69 Å². The molecule has 15 nitrogen and oxygen atoms in total. The molecule has 1 radical (unpaired) electrons. The zero-order chi connectivity index (χ0) is 90.2. The molecule has 0 fully saturated rings. The van der Waals surface area contributed by atoms with Crippen molar-refractivity contribution in [1.29, 1.82) is 0 Å². The maximum absolute atomic E-state index is 12.1. The molecule has 131 heavy (non-hydrogen) atoms. The van der Waals surface area contributed by atoms with Crippen molar-refractivity contribution in [3.63, 3.8) is 0 Å². The smallest absolute Gasteiger partial charge is 0.537 e. The molecule has 0 spiro atoms. The third-order valence-electron chi connectivity index (χ3n) is 20.9. The number of alkyl halides is 1. The lowest BCUT2D eigenvalue weighted by Crippen LogP contribution is -2.15. The number of imidazole rings is 2. The van der Waals surface area contributed by atoms with E-state index in [1.165, 1.54) is 5.56 Å². The summed E-state index contributed by atoms with van der Waals surface area (Å²) in [5, 5.41) is 11.5. The number of nitrogens with two attached hydrogens (primary N) is 2. The Bertz CT molecular complexity index is 7040. The first-order chi connectivity index (χ1) is 64.2. The van der Waals surface area contributed by atoms with Crippen molar-refractivity contribution in [2.24, 2.45) is 0 Å². The summed E-state index contributed by atoms with van der Waals surface area (Å²) in [5.74, 6) is 5.26. The number of nitrogens with zero attached hydrogens (tertiary/aromatic N) is 7. The Morgan fingerprint density at radius 2 is 0.725 bits per heavy atom. The molecule has 1 unspecified atom stereocenters. The minimum absolute atomic E-state index is 0.0896. The topological polar surface area (TPSA) is 193 Å². The molecule has 0 bridgehead atoms. The molecular formula is C110H81BBr5N10O5. The second-order valence-electron chi connectivity index (χ2n) is 29.6. The SMILES string of the molecule is Brc1ccc(-c2ccn3c(-c4ccccc4)c(-c4ccccc4)nc3c2)cc1.Nc1cc(-c2ccc(Br)cc2)ccn1.Nc1cc(Br)ccn1.O=C(c1ccccc1)C(Br)c1ccccc1.O[B]Oc1ccc(Br)cc1.c1ccc(-c2nc3cc(-c4ccc(N5c6ccccc6Oc6ccccc65)cc4)ccn3c2-c2ccccc2)cc1.c1ccc2c(c1)Nc1ccccc1O2. The molecule has 21 heteroatoms. The first-order valence-corrected chi connectivity index (χ1v) is 45.7. The number of nitrogens with one attached hydrogen (secondary N) is 1. The van der Waals surface area contributed by atoms with Gasteiger partial charge in [-0.15, -0.1) is 0 Å². The van der Waals surface area contributed by atoms with Crippen LogP contribution < -0.4 is 35.8 Å². The van der Waals surface area contributed by atoms with Gasteiger partial charge in [0.05, 0.1) is 45.5 Å². The molecule has 0 aliphatic carbocycles. The average Bonchev–Trinajstić information content (AvgIpc) is 1.70. The minimum Gasteiger partial charge on any atom is -0.537 e. The van der Waals surface area contributed by atoms with Crippen molar-refractivity contribution in [3.05, 3.63) is 478 Å². The van der Waals surface area contributed by atoms with Crippen LogP contribution in [-0.4, -0.2) is 47.2 Å². The molecule has 639 valence electrons. The first kappa shape index (κ1) is 89.8. The fourth-order valence-corrected chi connectivity index (χ4v) is 16.3. The lowest BCUT2D eigenvalue weighted by molar-refractivity contribution is 0.0991. The van der Waals surface area contributed by atoms with Crippen LogP contribution in [-0.2, 0) is 0 Å². The van der Waals surface area contributed by atoms with E-state index in [0.717, 1.165) is 165 Å². The maximum Gasteiger partial charge on any atom is 0.569 e. The number of aromatic nitrogens is 6. The van der Waals surface area contributed by atoms with Crippen LogP contribution in [0.25, 0.3) is 89.7 Å². The molecule has 6 N–H and O–H groups in total. The highest BCUT2D eigenvalue weighted by Crippen LogP contribution is 2.51. The molecule has 22 rings (SSSR count). The number of anilines is 7. The van der Waals surface area contributed by atoms with Gasteiger partial charge < -0.3 is 40.8 Å². The van der Waals surface area contributed by atoms with Crippen molar-refractivity contribution in [1.82, 2.24) is 28.7 Å². The Morgan fingerprint density at radius 1 is 0.359 bits per heavy atom. The van der Waals surface area contributed by atoms with Gasteiger partial charge in [0.2, 0.25) is 0 Å². The monoisotopic (exact) mass is 2030 g/mol. The third kappa shape index (κ3) is 23.0. The number of benzene rings is 14. The predicted molar refractivity (Wildman–Crippen MR) is 551 cm³/mol. The van der Waals surface area contributed by atoms with Crippen LogP contribution in [0.3, 0.4) is 0 Å². The van der Waals surface area contributed by atoms with E-state index in [4.69, 9.17) is 35.9 Å². The van der Waals surface area contributed by atoms with Crippen molar-refractivity contribution in [3.8, 4) is 107 Å². The number of para-hydroxylation sites is 8. The van der Waals surface area contributed by atoms with Crippen LogP contribution in [0.4, 0.5) is 40.1 Å². The number of carbonyl (C=O) groups excluding carboxylic acids is 1. The van der Waals surface area contributed by atoms with Gasteiger partial charge in [-0.25, -0.2) is 19.9 Å². The largest absolute Gasteiger partial charge is 0.569 e. The number of rotatable bonds is 13. The summed E-state index contributed by atoms with van der Waals surface area (Å²) in [4.78, 5) is 32.0. The highest BCUT2D eigenvalue weighted by atomic mass is 79.9. The Labute approximate surface area is 802 Å². The highest BCUT2D eigenvalue weighted by molar-refractivity contribution is 9.11. The Morgan fingerprint density at radius 3 is 1.15 bits per heavy atom. The zero-order valence-corrected chi connectivity index (χ0v) is 78.1. The van der Waals surface area contributed by atoms with Crippen LogP contribution in [0.1, 0.15) is 20.7 Å². The summed E-state index contributed by atoms with van der Waals surface area (Å²) < 4.78 is 25.0. The van der Waals surface area contributed by atoms with E-state index in [9.17, 15) is 4.79 Å². The molecular weight excluding hydrogens is 1950 g/mol. The number of Topliss-reactive ketones (excluding diaryl/α,β-unsaturated/α-hetero) is 1. The normalized spacial score (nSPS) is 11.2. The number of hydrogen-bond acceptors (Lipinski definition) is 13. The predicted octanol–water partition coefficient (Wildman–Crippen LogP) is 30.4. The summed E-state index contributed by atoms with van der Waals surface area (Å²) in [6.07, 6.45) is 7.62. The van der Waals surface area contributed by atoms with Crippen molar-refractivity contribution < 1.29 is 23.9 Å². The zero-order valence-electron chi connectivity index (χ0n) is 70.1. The number of ketones is 1. The van der Waals surface area contributed by atoms with Crippen molar-refractivity contribution in [2.45, 2.75) is 4.83 Å². The van der Waals surface area contributed by atoms with Gasteiger partial charge in [0, 0.05) is 76.2 Å². The van der Waals surface area contributed by atoms with Crippen LogP contribution in [0.15, 0.2) is 467 Å². The number of nitrogen functional groups attached to an aromatic ring is 2. The van der Waals surface area contributed by atoms with Gasteiger partial charge in [-0.3, -0.25) is 13.6 Å². The molecule has 0 amide bonds. The molecule has 20 aromatic rings. The van der Waals surface area contributed by atoms with Crippen LogP contribution >= 0.6 is 79.6 Å².